The van der Waals surface area contributed by atoms with Crippen molar-refractivity contribution in [3.63, 3.8) is 0 Å². The molecule has 0 fully saturated rings. The highest BCUT2D eigenvalue weighted by Crippen LogP contribution is 2.38. The molecule has 25 heavy (non-hydrogen) atoms. The third kappa shape index (κ3) is 7.07. The molecule has 0 aliphatic carbocycles. The Morgan fingerprint density at radius 1 is 1.36 bits per heavy atom. The molecule has 8 heteroatoms. The van der Waals surface area contributed by atoms with E-state index < -0.39 is 0 Å². The first-order valence-electron chi connectivity index (χ1n) is 8.25. The fraction of sp³-hybridized carbons (Fsp3) is 0.588. The predicted molar refractivity (Wildman–Crippen MR) is 112 cm³/mol. The highest BCUT2D eigenvalue weighted by Gasteiger charge is 2.15. The van der Waals surface area contributed by atoms with Gasteiger partial charge in [0.1, 0.15) is 0 Å². The van der Waals surface area contributed by atoms with Crippen molar-refractivity contribution in [2.45, 2.75) is 32.9 Å². The van der Waals surface area contributed by atoms with E-state index in [0.29, 0.717) is 42.9 Å². The van der Waals surface area contributed by atoms with E-state index in [4.69, 9.17) is 25.8 Å². The average molecular weight is 484 g/mol. The maximum atomic E-state index is 6.32. The summed E-state index contributed by atoms with van der Waals surface area (Å²) in [5.41, 5.74) is 0.973. The predicted octanol–water partition coefficient (Wildman–Crippen LogP) is 3.21. The van der Waals surface area contributed by atoms with Gasteiger partial charge in [0, 0.05) is 26.1 Å². The summed E-state index contributed by atoms with van der Waals surface area (Å²) in [5.74, 6) is 2.06. The number of methoxy groups -OCH3 is 1. The molecule has 0 aromatic heterocycles. The molecular formula is C17H27ClIN3O3. The number of nitrogens with one attached hydrogen (secondary N) is 2. The monoisotopic (exact) mass is 483 g/mol. The van der Waals surface area contributed by atoms with Gasteiger partial charge in [0.05, 0.1) is 31.4 Å². The molecule has 2 rings (SSSR count). The van der Waals surface area contributed by atoms with Crippen LogP contribution >= 0.6 is 35.6 Å². The number of ether oxygens (including phenoxy) is 3. The van der Waals surface area contributed by atoms with Gasteiger partial charge in [-0.15, -0.1) is 24.0 Å². The number of fused-ring (bicyclic) bond motifs is 1. The second-order valence-corrected chi connectivity index (χ2v) is 6.06. The van der Waals surface area contributed by atoms with Gasteiger partial charge in [-0.1, -0.05) is 11.6 Å². The largest absolute Gasteiger partial charge is 0.489 e. The molecule has 1 aliphatic rings. The molecule has 1 aromatic carbocycles. The third-order valence-electron chi connectivity index (χ3n) is 3.43. The van der Waals surface area contributed by atoms with E-state index in [1.807, 2.05) is 26.0 Å². The molecule has 1 unspecified atom stereocenters. The lowest BCUT2D eigenvalue weighted by Crippen LogP contribution is -2.43. The van der Waals surface area contributed by atoms with Crippen LogP contribution in [0.5, 0.6) is 11.5 Å². The smallest absolute Gasteiger partial charge is 0.191 e. The number of halogens is 2. The number of hydrogen-bond donors (Lipinski definition) is 2. The van der Waals surface area contributed by atoms with Crippen LogP contribution in [0.4, 0.5) is 0 Å². The fourth-order valence-corrected chi connectivity index (χ4v) is 2.68. The van der Waals surface area contributed by atoms with E-state index in [-0.39, 0.29) is 30.0 Å². The molecule has 1 aliphatic heterocycles. The lowest BCUT2D eigenvalue weighted by atomic mass is 10.2. The molecule has 0 bridgehead atoms. The lowest BCUT2D eigenvalue weighted by Gasteiger charge is -2.17. The van der Waals surface area contributed by atoms with Crippen LogP contribution in [0.1, 0.15) is 25.8 Å². The van der Waals surface area contributed by atoms with Crippen molar-refractivity contribution in [2.24, 2.45) is 4.99 Å². The molecule has 6 nitrogen and oxygen atoms in total. The van der Waals surface area contributed by atoms with Crippen molar-refractivity contribution in [3.8, 4) is 11.5 Å². The van der Waals surface area contributed by atoms with Crippen LogP contribution in [-0.2, 0) is 11.3 Å². The molecule has 142 valence electrons. The van der Waals surface area contributed by atoms with E-state index in [1.165, 1.54) is 0 Å². The van der Waals surface area contributed by atoms with Crippen molar-refractivity contribution in [2.75, 3.05) is 33.5 Å². The van der Waals surface area contributed by atoms with Crippen LogP contribution in [0.15, 0.2) is 17.1 Å². The van der Waals surface area contributed by atoms with E-state index in [9.17, 15) is 0 Å². The van der Waals surface area contributed by atoms with Gasteiger partial charge in [0.2, 0.25) is 0 Å². The molecule has 0 saturated heterocycles. The maximum absolute atomic E-state index is 6.32. The van der Waals surface area contributed by atoms with Gasteiger partial charge in [-0.2, -0.15) is 0 Å². The molecule has 0 radical (unpaired) electrons. The minimum atomic E-state index is 0. The molecular weight excluding hydrogens is 457 g/mol. The Bertz CT molecular complexity index is 572. The molecule has 0 amide bonds. The molecule has 1 heterocycles. The summed E-state index contributed by atoms with van der Waals surface area (Å²) in [4.78, 5) is 4.60. The quantitative estimate of drug-likeness (QED) is 0.370. The zero-order valence-electron chi connectivity index (χ0n) is 14.9. The SMILES string of the molecule is CCNC(=NCc1cc(Cl)c2c(c1)OCCCO2)NC(C)COC.I. The van der Waals surface area contributed by atoms with Crippen molar-refractivity contribution < 1.29 is 14.2 Å². The van der Waals surface area contributed by atoms with Crippen molar-refractivity contribution in [3.05, 3.63) is 22.7 Å². The first-order chi connectivity index (χ1) is 11.6. The number of guanidine groups is 1. The Balaban J connectivity index is 0.00000312. The van der Waals surface area contributed by atoms with Crippen LogP contribution in [0.25, 0.3) is 0 Å². The third-order valence-corrected chi connectivity index (χ3v) is 3.71. The summed E-state index contributed by atoms with van der Waals surface area (Å²) in [5, 5.41) is 7.08. The van der Waals surface area contributed by atoms with Gasteiger partial charge in [0.25, 0.3) is 0 Å². The highest BCUT2D eigenvalue weighted by atomic mass is 127. The first-order valence-corrected chi connectivity index (χ1v) is 8.63. The first kappa shape index (κ1) is 22.1. The fourth-order valence-electron chi connectivity index (χ4n) is 2.39. The zero-order chi connectivity index (χ0) is 17.4. The summed E-state index contributed by atoms with van der Waals surface area (Å²) in [6.45, 7) is 7.22. The molecule has 2 N–H and O–H groups in total. The standard InChI is InChI=1S/C17H26ClN3O3.HI/c1-4-19-17(21-12(2)11-22-3)20-10-13-8-14(18)16-15(9-13)23-6-5-7-24-16;/h8-9,12H,4-7,10-11H2,1-3H3,(H2,19,20,21);1H. The summed E-state index contributed by atoms with van der Waals surface area (Å²) < 4.78 is 16.5. The zero-order valence-corrected chi connectivity index (χ0v) is 18.0. The van der Waals surface area contributed by atoms with Crippen molar-refractivity contribution >= 4 is 41.5 Å². The lowest BCUT2D eigenvalue weighted by molar-refractivity contribution is 0.179. The number of aliphatic imine (C=N–C) groups is 1. The number of nitrogens with zero attached hydrogens (tertiary/aromatic N) is 1. The minimum Gasteiger partial charge on any atom is -0.489 e. The van der Waals surface area contributed by atoms with Gasteiger partial charge in [-0.25, -0.2) is 4.99 Å². The van der Waals surface area contributed by atoms with E-state index in [2.05, 4.69) is 15.6 Å². The van der Waals surface area contributed by atoms with Gasteiger partial charge >= 0.3 is 0 Å². The number of benzene rings is 1. The van der Waals surface area contributed by atoms with Crippen LogP contribution in [-0.4, -0.2) is 45.5 Å². The topological polar surface area (TPSA) is 64.1 Å². The van der Waals surface area contributed by atoms with Crippen LogP contribution in [0.2, 0.25) is 5.02 Å². The van der Waals surface area contributed by atoms with Crippen LogP contribution in [0.3, 0.4) is 0 Å². The van der Waals surface area contributed by atoms with E-state index >= 15 is 0 Å². The Labute approximate surface area is 171 Å². The van der Waals surface area contributed by atoms with Crippen LogP contribution in [0, 0.1) is 0 Å². The van der Waals surface area contributed by atoms with Gasteiger partial charge in [-0.3, -0.25) is 0 Å². The normalized spacial score (nSPS) is 15.0. The maximum Gasteiger partial charge on any atom is 0.191 e. The molecule has 0 spiro atoms. The second-order valence-electron chi connectivity index (χ2n) is 5.65. The Morgan fingerprint density at radius 2 is 2.12 bits per heavy atom. The van der Waals surface area contributed by atoms with Crippen molar-refractivity contribution in [1.82, 2.24) is 10.6 Å². The summed E-state index contributed by atoms with van der Waals surface area (Å²) in [7, 11) is 1.68. The summed E-state index contributed by atoms with van der Waals surface area (Å²) in [6.07, 6.45) is 0.852. The van der Waals surface area contributed by atoms with E-state index in [0.717, 1.165) is 24.5 Å². The van der Waals surface area contributed by atoms with Crippen molar-refractivity contribution in [1.29, 1.82) is 0 Å². The molecule has 1 aromatic rings. The average Bonchev–Trinajstić information content (AvgIpc) is 2.79. The van der Waals surface area contributed by atoms with E-state index in [1.54, 1.807) is 7.11 Å². The molecule has 1 atom stereocenters. The minimum absolute atomic E-state index is 0. The highest BCUT2D eigenvalue weighted by molar-refractivity contribution is 14.0. The Kier molecular flexibility index (Phi) is 10.3. The van der Waals surface area contributed by atoms with Gasteiger partial charge in [-0.05, 0) is 31.5 Å². The number of hydrogen-bond acceptors (Lipinski definition) is 4. The molecule has 0 saturated carbocycles. The Hall–Kier alpha value is -0.930. The van der Waals surface area contributed by atoms with Gasteiger partial charge < -0.3 is 24.8 Å². The van der Waals surface area contributed by atoms with Gasteiger partial charge in [0.15, 0.2) is 17.5 Å². The van der Waals surface area contributed by atoms with Crippen LogP contribution < -0.4 is 20.1 Å². The second kappa shape index (κ2) is 11.6. The summed E-state index contributed by atoms with van der Waals surface area (Å²) >= 11 is 6.32. The number of rotatable bonds is 6. The Morgan fingerprint density at radius 3 is 2.84 bits per heavy atom. The summed E-state index contributed by atoms with van der Waals surface area (Å²) in [6, 6.07) is 3.99.